The van der Waals surface area contributed by atoms with Gasteiger partial charge in [-0.1, -0.05) is 18.2 Å². The van der Waals surface area contributed by atoms with Gasteiger partial charge in [0, 0.05) is 38.8 Å². The minimum Gasteiger partial charge on any atom is -0.312 e. The predicted molar refractivity (Wildman–Crippen MR) is 80.9 cm³/mol. The van der Waals surface area contributed by atoms with Crippen LogP contribution >= 0.6 is 0 Å². The number of para-hydroxylation sites is 1. The van der Waals surface area contributed by atoms with Gasteiger partial charge in [0.05, 0.1) is 11.3 Å². The normalized spacial score (nSPS) is 12.2. The summed E-state index contributed by atoms with van der Waals surface area (Å²) in [7, 11) is -0.0420. The molecule has 0 atom stereocenters. The predicted octanol–water partition coefficient (Wildman–Crippen LogP) is 1.22. The van der Waals surface area contributed by atoms with Gasteiger partial charge in [0.25, 0.3) is 0 Å². The number of hydrogen-bond acceptors (Lipinski definition) is 4. The molecule has 0 saturated heterocycles. The van der Waals surface area contributed by atoms with Crippen molar-refractivity contribution in [1.29, 1.82) is 0 Å². The third-order valence-corrected chi connectivity index (χ3v) is 4.98. The van der Waals surface area contributed by atoms with Crippen molar-refractivity contribution >= 4 is 20.9 Å². The second-order valence-corrected chi connectivity index (χ2v) is 7.06. The summed E-state index contributed by atoms with van der Waals surface area (Å²) in [6, 6.07) is 9.88. The quantitative estimate of drug-likeness (QED) is 0.813. The summed E-state index contributed by atoms with van der Waals surface area (Å²) in [5.41, 5.74) is 2.07. The molecule has 0 aliphatic carbocycles. The summed E-state index contributed by atoms with van der Waals surface area (Å²) < 4.78 is 24.5. The van der Waals surface area contributed by atoms with Gasteiger partial charge < -0.3 is 5.32 Å². The molecule has 0 spiro atoms. The van der Waals surface area contributed by atoms with Crippen LogP contribution < -0.4 is 5.32 Å². The zero-order chi connectivity index (χ0) is 14.6. The van der Waals surface area contributed by atoms with Crippen molar-refractivity contribution < 1.29 is 8.42 Å². The molecule has 108 valence electrons. The summed E-state index contributed by atoms with van der Waals surface area (Å²) >= 11 is 0. The Morgan fingerprint density at radius 2 is 1.95 bits per heavy atom. The molecule has 1 aromatic heterocycles. The van der Waals surface area contributed by atoms with E-state index in [1.54, 1.807) is 20.3 Å². The molecule has 1 N–H and O–H groups in total. The van der Waals surface area contributed by atoms with E-state index in [1.807, 2.05) is 30.3 Å². The molecular formula is C14H19N3O2S. The van der Waals surface area contributed by atoms with Crippen molar-refractivity contribution in [2.45, 2.75) is 6.54 Å². The number of benzene rings is 1. The van der Waals surface area contributed by atoms with Crippen molar-refractivity contribution in [3.05, 3.63) is 42.1 Å². The molecule has 0 aliphatic rings. The van der Waals surface area contributed by atoms with Gasteiger partial charge >= 0.3 is 0 Å². The zero-order valence-corrected chi connectivity index (χ0v) is 12.5. The van der Waals surface area contributed by atoms with Gasteiger partial charge in [0.2, 0.25) is 10.0 Å². The van der Waals surface area contributed by atoms with E-state index in [2.05, 4.69) is 10.3 Å². The highest BCUT2D eigenvalue weighted by Crippen LogP contribution is 2.15. The molecule has 1 aromatic carbocycles. The van der Waals surface area contributed by atoms with Crippen molar-refractivity contribution in [2.75, 3.05) is 26.4 Å². The van der Waals surface area contributed by atoms with Crippen molar-refractivity contribution in [3.63, 3.8) is 0 Å². The van der Waals surface area contributed by atoms with Crippen LogP contribution in [0.3, 0.4) is 0 Å². The summed E-state index contributed by atoms with van der Waals surface area (Å²) in [5.74, 6) is 0.100. The molecule has 0 radical (unpaired) electrons. The van der Waals surface area contributed by atoms with E-state index < -0.39 is 10.0 Å². The number of rotatable bonds is 6. The van der Waals surface area contributed by atoms with E-state index in [0.717, 1.165) is 16.5 Å². The molecule has 6 heteroatoms. The van der Waals surface area contributed by atoms with Crippen LogP contribution in [-0.4, -0.2) is 44.1 Å². The van der Waals surface area contributed by atoms with Crippen LogP contribution in [0.15, 0.2) is 36.5 Å². The monoisotopic (exact) mass is 293 g/mol. The SMILES string of the molecule is CN(C)S(=O)(=O)CCNCc1ccnc2ccccc12. The molecular weight excluding hydrogens is 274 g/mol. The molecule has 0 bridgehead atoms. The summed E-state index contributed by atoms with van der Waals surface area (Å²) in [6.45, 7) is 1.06. The van der Waals surface area contributed by atoms with Gasteiger partial charge in [0.1, 0.15) is 0 Å². The van der Waals surface area contributed by atoms with Gasteiger partial charge in [-0.3, -0.25) is 4.98 Å². The Kier molecular flexibility index (Phi) is 4.69. The fourth-order valence-corrected chi connectivity index (χ4v) is 2.68. The second kappa shape index (κ2) is 6.30. The Bertz CT molecular complexity index is 678. The lowest BCUT2D eigenvalue weighted by atomic mass is 10.1. The number of nitrogens with zero attached hydrogens (tertiary/aromatic N) is 2. The molecule has 0 saturated carbocycles. The first-order chi connectivity index (χ1) is 9.50. The highest BCUT2D eigenvalue weighted by molar-refractivity contribution is 7.89. The van der Waals surface area contributed by atoms with E-state index in [1.165, 1.54) is 4.31 Å². The molecule has 20 heavy (non-hydrogen) atoms. The number of pyridine rings is 1. The maximum absolute atomic E-state index is 11.6. The maximum Gasteiger partial charge on any atom is 0.214 e. The van der Waals surface area contributed by atoms with Gasteiger partial charge in [0.15, 0.2) is 0 Å². The lowest BCUT2D eigenvalue weighted by Crippen LogP contribution is -2.31. The standard InChI is InChI=1S/C14H19N3O2S/c1-17(2)20(18,19)10-9-15-11-12-7-8-16-14-6-4-3-5-13(12)14/h3-8,15H,9-11H2,1-2H3. The fourth-order valence-electron chi connectivity index (χ4n) is 1.92. The van der Waals surface area contributed by atoms with Crippen LogP contribution in [0.5, 0.6) is 0 Å². The average Bonchev–Trinajstić information content (AvgIpc) is 2.43. The van der Waals surface area contributed by atoms with Gasteiger partial charge in [-0.05, 0) is 17.7 Å². The van der Waals surface area contributed by atoms with E-state index in [0.29, 0.717) is 13.1 Å². The summed E-state index contributed by atoms with van der Waals surface area (Å²) in [6.07, 6.45) is 1.77. The zero-order valence-electron chi connectivity index (χ0n) is 11.7. The van der Waals surface area contributed by atoms with Crippen molar-refractivity contribution in [3.8, 4) is 0 Å². The summed E-state index contributed by atoms with van der Waals surface area (Å²) in [4.78, 5) is 4.30. The van der Waals surface area contributed by atoms with E-state index in [-0.39, 0.29) is 5.75 Å². The molecule has 0 amide bonds. The number of fused-ring (bicyclic) bond motifs is 1. The maximum atomic E-state index is 11.6. The third kappa shape index (κ3) is 3.53. The lowest BCUT2D eigenvalue weighted by Gasteiger charge is -2.12. The Morgan fingerprint density at radius 3 is 2.70 bits per heavy atom. The van der Waals surface area contributed by atoms with E-state index in [4.69, 9.17) is 0 Å². The number of hydrogen-bond donors (Lipinski definition) is 1. The molecule has 0 fully saturated rings. The Balaban J connectivity index is 1.97. The minimum absolute atomic E-state index is 0.100. The molecule has 0 unspecified atom stereocenters. The molecule has 2 rings (SSSR count). The van der Waals surface area contributed by atoms with Gasteiger partial charge in [-0.15, -0.1) is 0 Å². The topological polar surface area (TPSA) is 62.3 Å². The Morgan fingerprint density at radius 1 is 1.20 bits per heavy atom. The molecule has 0 aliphatic heterocycles. The average molecular weight is 293 g/mol. The Hall–Kier alpha value is -1.50. The number of aromatic nitrogens is 1. The molecule has 5 nitrogen and oxygen atoms in total. The third-order valence-electron chi connectivity index (χ3n) is 3.15. The van der Waals surface area contributed by atoms with Crippen LogP contribution in [-0.2, 0) is 16.6 Å². The largest absolute Gasteiger partial charge is 0.312 e. The lowest BCUT2D eigenvalue weighted by molar-refractivity contribution is 0.517. The first-order valence-electron chi connectivity index (χ1n) is 6.44. The van der Waals surface area contributed by atoms with Crippen LogP contribution in [0.2, 0.25) is 0 Å². The molecule has 1 heterocycles. The van der Waals surface area contributed by atoms with E-state index >= 15 is 0 Å². The second-order valence-electron chi connectivity index (χ2n) is 4.76. The smallest absolute Gasteiger partial charge is 0.214 e. The minimum atomic E-state index is -3.14. The highest BCUT2D eigenvalue weighted by Gasteiger charge is 2.12. The van der Waals surface area contributed by atoms with Gasteiger partial charge in [-0.2, -0.15) is 0 Å². The van der Waals surface area contributed by atoms with E-state index in [9.17, 15) is 8.42 Å². The van der Waals surface area contributed by atoms with Gasteiger partial charge in [-0.25, -0.2) is 12.7 Å². The van der Waals surface area contributed by atoms with Crippen LogP contribution in [0.4, 0.5) is 0 Å². The first-order valence-corrected chi connectivity index (χ1v) is 8.05. The summed E-state index contributed by atoms with van der Waals surface area (Å²) in [5, 5.41) is 4.27. The molecule has 2 aromatic rings. The van der Waals surface area contributed by atoms with Crippen LogP contribution in [0.25, 0.3) is 10.9 Å². The highest BCUT2D eigenvalue weighted by atomic mass is 32.2. The van der Waals surface area contributed by atoms with Crippen molar-refractivity contribution in [2.24, 2.45) is 0 Å². The Labute approximate surface area is 119 Å². The fraction of sp³-hybridized carbons (Fsp3) is 0.357. The van der Waals surface area contributed by atoms with Crippen LogP contribution in [0, 0.1) is 0 Å². The van der Waals surface area contributed by atoms with Crippen LogP contribution in [0.1, 0.15) is 5.56 Å². The number of nitrogens with one attached hydrogen (secondary N) is 1. The number of sulfonamides is 1. The first kappa shape index (κ1) is 14.9. The van der Waals surface area contributed by atoms with Crippen molar-refractivity contribution in [1.82, 2.24) is 14.6 Å².